The Kier molecular flexibility index (Phi) is 5.71. The third kappa shape index (κ3) is 4.47. The molecule has 2 aromatic heterocycles. The number of aromatic amines is 1. The van der Waals surface area contributed by atoms with E-state index in [1.165, 1.54) is 23.6 Å². The van der Waals surface area contributed by atoms with Crippen LogP contribution in [0.2, 0.25) is 0 Å². The maximum absolute atomic E-state index is 14.3. The third-order valence-corrected chi connectivity index (χ3v) is 6.44. The third-order valence-electron chi connectivity index (χ3n) is 5.13. The molecule has 2 N–H and O–H groups in total. The topological polar surface area (TPSA) is 93.2 Å². The molecule has 33 heavy (non-hydrogen) atoms. The van der Waals surface area contributed by atoms with Crippen LogP contribution in [0.5, 0.6) is 11.5 Å². The van der Waals surface area contributed by atoms with Crippen LogP contribution in [-0.2, 0) is 17.1 Å². The van der Waals surface area contributed by atoms with Crippen molar-refractivity contribution in [1.82, 2.24) is 9.55 Å². The van der Waals surface area contributed by atoms with Gasteiger partial charge in [-0.3, -0.25) is 9.52 Å². The Morgan fingerprint density at radius 1 is 1.06 bits per heavy atom. The Morgan fingerprint density at radius 3 is 2.48 bits per heavy atom. The SMILES string of the molecule is CCS(=O)(=O)Nc1ccc(Oc2ccc(F)cc2F)c(-c2cn(C)c(=O)c3cc(C)[nH]c23)c1. The van der Waals surface area contributed by atoms with E-state index in [1.54, 1.807) is 32.3 Å². The van der Waals surface area contributed by atoms with Gasteiger partial charge in [0.1, 0.15) is 11.6 Å². The molecule has 2 aromatic carbocycles. The molecule has 0 aliphatic heterocycles. The number of hydrogen-bond donors (Lipinski definition) is 2. The molecule has 0 saturated heterocycles. The lowest BCUT2D eigenvalue weighted by atomic mass is 10.0. The van der Waals surface area contributed by atoms with E-state index in [0.29, 0.717) is 28.1 Å². The smallest absolute Gasteiger partial charge is 0.259 e. The highest BCUT2D eigenvalue weighted by atomic mass is 32.2. The van der Waals surface area contributed by atoms with Crippen molar-refractivity contribution >= 4 is 26.6 Å². The molecule has 0 aliphatic rings. The van der Waals surface area contributed by atoms with Gasteiger partial charge in [-0.2, -0.15) is 0 Å². The van der Waals surface area contributed by atoms with E-state index >= 15 is 0 Å². The number of aryl methyl sites for hydroxylation is 2. The fraction of sp³-hybridized carbons (Fsp3) is 0.174. The summed E-state index contributed by atoms with van der Waals surface area (Å²) in [5, 5.41) is 0.436. The van der Waals surface area contributed by atoms with E-state index in [9.17, 15) is 22.0 Å². The lowest BCUT2D eigenvalue weighted by Gasteiger charge is -2.16. The van der Waals surface area contributed by atoms with E-state index in [0.717, 1.165) is 17.8 Å². The molecular weight excluding hydrogens is 452 g/mol. The summed E-state index contributed by atoms with van der Waals surface area (Å²) in [6.45, 7) is 3.32. The summed E-state index contributed by atoms with van der Waals surface area (Å²) in [5.41, 5.74) is 2.27. The number of nitrogens with zero attached hydrogens (tertiary/aromatic N) is 1. The summed E-state index contributed by atoms with van der Waals surface area (Å²) in [6.07, 6.45) is 1.59. The molecule has 172 valence electrons. The molecule has 4 aromatic rings. The van der Waals surface area contributed by atoms with Crippen LogP contribution in [-0.4, -0.2) is 23.7 Å². The number of halogens is 2. The molecule has 0 fully saturated rings. The van der Waals surface area contributed by atoms with Gasteiger partial charge in [0.15, 0.2) is 11.6 Å². The lowest BCUT2D eigenvalue weighted by molar-refractivity contribution is 0.439. The zero-order chi connectivity index (χ0) is 23.9. The van der Waals surface area contributed by atoms with Gasteiger partial charge < -0.3 is 14.3 Å². The molecule has 2 heterocycles. The summed E-state index contributed by atoms with van der Waals surface area (Å²) < 4.78 is 61.5. The van der Waals surface area contributed by atoms with Gasteiger partial charge in [0.25, 0.3) is 5.56 Å². The van der Waals surface area contributed by atoms with E-state index in [2.05, 4.69) is 9.71 Å². The van der Waals surface area contributed by atoms with Crippen molar-refractivity contribution in [3.05, 3.63) is 76.3 Å². The van der Waals surface area contributed by atoms with Gasteiger partial charge >= 0.3 is 0 Å². The van der Waals surface area contributed by atoms with Crippen LogP contribution in [0.3, 0.4) is 0 Å². The molecule has 0 spiro atoms. The summed E-state index contributed by atoms with van der Waals surface area (Å²) in [4.78, 5) is 15.8. The number of rotatable bonds is 6. The molecular formula is C23H21F2N3O4S. The van der Waals surface area contributed by atoms with Gasteiger partial charge in [-0.15, -0.1) is 0 Å². The minimum atomic E-state index is -3.56. The Hall–Kier alpha value is -3.66. The Bertz CT molecular complexity index is 1540. The predicted octanol–water partition coefficient (Wildman–Crippen LogP) is 4.67. The highest BCUT2D eigenvalue weighted by Gasteiger charge is 2.19. The second-order valence-electron chi connectivity index (χ2n) is 7.59. The molecule has 0 unspecified atom stereocenters. The van der Waals surface area contributed by atoms with Gasteiger partial charge in [-0.1, -0.05) is 0 Å². The monoisotopic (exact) mass is 473 g/mol. The van der Waals surface area contributed by atoms with Crippen molar-refractivity contribution in [3.8, 4) is 22.6 Å². The number of anilines is 1. The van der Waals surface area contributed by atoms with Crippen molar-refractivity contribution in [1.29, 1.82) is 0 Å². The average molecular weight is 474 g/mol. The number of pyridine rings is 1. The Balaban J connectivity index is 1.95. The number of hydrogen-bond acceptors (Lipinski definition) is 4. The predicted molar refractivity (Wildman–Crippen MR) is 123 cm³/mol. The number of H-pyrrole nitrogens is 1. The number of nitrogens with one attached hydrogen (secondary N) is 2. The zero-order valence-corrected chi connectivity index (χ0v) is 18.9. The normalized spacial score (nSPS) is 11.7. The van der Waals surface area contributed by atoms with Crippen LogP contribution in [0.1, 0.15) is 12.6 Å². The summed E-state index contributed by atoms with van der Waals surface area (Å²) >= 11 is 0. The largest absolute Gasteiger partial charge is 0.454 e. The van der Waals surface area contributed by atoms with Crippen molar-refractivity contribution in [3.63, 3.8) is 0 Å². The van der Waals surface area contributed by atoms with Crippen LogP contribution in [0.4, 0.5) is 14.5 Å². The fourth-order valence-electron chi connectivity index (χ4n) is 3.50. The molecule has 0 amide bonds. The lowest BCUT2D eigenvalue weighted by Crippen LogP contribution is -2.16. The minimum Gasteiger partial charge on any atom is -0.454 e. The number of sulfonamides is 1. The van der Waals surface area contributed by atoms with E-state index in [4.69, 9.17) is 4.74 Å². The van der Waals surface area contributed by atoms with Gasteiger partial charge in [0.2, 0.25) is 10.0 Å². The second-order valence-corrected chi connectivity index (χ2v) is 9.60. The van der Waals surface area contributed by atoms with Crippen molar-refractivity contribution in [2.75, 3.05) is 10.5 Å². The molecule has 10 heteroatoms. The maximum Gasteiger partial charge on any atom is 0.259 e. The average Bonchev–Trinajstić information content (AvgIpc) is 3.15. The highest BCUT2D eigenvalue weighted by molar-refractivity contribution is 7.92. The number of benzene rings is 2. The first kappa shape index (κ1) is 22.5. The minimum absolute atomic E-state index is 0.124. The molecule has 0 atom stereocenters. The number of aromatic nitrogens is 2. The molecule has 0 aliphatic carbocycles. The molecule has 0 saturated carbocycles. The molecule has 0 bridgehead atoms. The first-order valence-electron chi connectivity index (χ1n) is 10.0. The molecule has 0 radical (unpaired) electrons. The van der Waals surface area contributed by atoms with Crippen LogP contribution in [0.25, 0.3) is 22.0 Å². The van der Waals surface area contributed by atoms with Gasteiger partial charge in [-0.25, -0.2) is 17.2 Å². The molecule has 7 nitrogen and oxygen atoms in total. The van der Waals surface area contributed by atoms with E-state index < -0.39 is 21.7 Å². The maximum atomic E-state index is 14.3. The van der Waals surface area contributed by atoms with Gasteiger partial charge in [0.05, 0.1) is 16.7 Å². The zero-order valence-electron chi connectivity index (χ0n) is 18.1. The van der Waals surface area contributed by atoms with E-state index in [-0.39, 0.29) is 28.5 Å². The molecule has 4 rings (SSSR count). The van der Waals surface area contributed by atoms with Crippen LogP contribution in [0, 0.1) is 18.6 Å². The second kappa shape index (κ2) is 8.36. The van der Waals surface area contributed by atoms with Crippen molar-refractivity contribution in [2.24, 2.45) is 7.05 Å². The Labute approximate surface area is 188 Å². The van der Waals surface area contributed by atoms with Crippen LogP contribution in [0.15, 0.2) is 53.5 Å². The van der Waals surface area contributed by atoms with Gasteiger partial charge in [-0.05, 0) is 50.2 Å². The van der Waals surface area contributed by atoms with Crippen molar-refractivity contribution < 1.29 is 21.9 Å². The summed E-state index contributed by atoms with van der Waals surface area (Å²) in [6, 6.07) is 9.16. The first-order valence-corrected chi connectivity index (χ1v) is 11.7. The van der Waals surface area contributed by atoms with E-state index in [1.807, 2.05) is 0 Å². The summed E-state index contributed by atoms with van der Waals surface area (Å²) in [7, 11) is -1.97. The number of fused-ring (bicyclic) bond motifs is 1. The van der Waals surface area contributed by atoms with Crippen LogP contribution >= 0.6 is 0 Å². The first-order chi connectivity index (χ1) is 15.6. The van der Waals surface area contributed by atoms with Gasteiger partial charge in [0, 0.05) is 41.8 Å². The number of ether oxygens (including phenoxy) is 1. The highest BCUT2D eigenvalue weighted by Crippen LogP contribution is 2.39. The van der Waals surface area contributed by atoms with Crippen molar-refractivity contribution in [2.45, 2.75) is 13.8 Å². The Morgan fingerprint density at radius 2 is 1.79 bits per heavy atom. The fourth-order valence-corrected chi connectivity index (χ4v) is 4.13. The quantitative estimate of drug-likeness (QED) is 0.426. The summed E-state index contributed by atoms with van der Waals surface area (Å²) in [5.74, 6) is -1.78. The standard InChI is InChI=1S/C23H21F2N3O4S/c1-4-33(30,31)27-15-6-8-20(32-21-7-5-14(24)10-19(21)25)16(11-15)18-12-28(3)23(29)17-9-13(2)26-22(17)18/h5-12,26-27H,4H2,1-3H3. The van der Waals surface area contributed by atoms with Crippen LogP contribution < -0.4 is 15.0 Å².